The number of epoxide rings is 2. The fourth-order valence-electron chi connectivity index (χ4n) is 7.84. The van der Waals surface area contributed by atoms with E-state index in [9.17, 15) is 24.9 Å². The van der Waals surface area contributed by atoms with Crippen LogP contribution in [-0.2, 0) is 38.0 Å². The Kier molecular flexibility index (Phi) is 6.97. The highest BCUT2D eigenvalue weighted by molar-refractivity contribution is 5.82. The monoisotopic (exact) mass is 564 g/mol. The number of ether oxygens (including phenoxy) is 6. The van der Waals surface area contributed by atoms with E-state index < -0.39 is 70.4 Å². The van der Waals surface area contributed by atoms with Gasteiger partial charge in [0.15, 0.2) is 6.10 Å². The lowest BCUT2D eigenvalue weighted by Gasteiger charge is -2.58. The summed E-state index contributed by atoms with van der Waals surface area (Å²) in [7, 11) is 0. The van der Waals surface area contributed by atoms with E-state index in [-0.39, 0.29) is 32.0 Å². The van der Waals surface area contributed by atoms with Crippen LogP contribution in [0.1, 0.15) is 46.5 Å². The van der Waals surface area contributed by atoms with Crippen molar-refractivity contribution in [3.63, 3.8) is 0 Å². The smallest absolute Gasteiger partial charge is 0.335 e. The SMILES string of the molecule is CC(O)C1/C=C/C=C/C(=O)OC2CC3OC4C5OC5(CO)CCC4(COC(=O)C(O)C(C)CCO1)C2(C)C31CO1. The third-order valence-electron chi connectivity index (χ3n) is 10.7. The van der Waals surface area contributed by atoms with Gasteiger partial charge in [0.25, 0.3) is 0 Å². The minimum atomic E-state index is -1.38. The maximum atomic E-state index is 13.2. The number of carbonyl (C=O) groups is 2. The van der Waals surface area contributed by atoms with Gasteiger partial charge >= 0.3 is 11.9 Å². The molecule has 3 saturated heterocycles. The van der Waals surface area contributed by atoms with Crippen LogP contribution in [0.15, 0.2) is 24.3 Å². The molecule has 0 amide bonds. The van der Waals surface area contributed by atoms with Crippen LogP contribution in [-0.4, -0.2) is 108 Å². The predicted octanol–water partition coefficient (Wildman–Crippen LogP) is 0.577. The average molecular weight is 565 g/mol. The number of carbonyl (C=O) groups excluding carboxylic acids is 2. The summed E-state index contributed by atoms with van der Waals surface area (Å²) in [4.78, 5) is 26.2. The molecule has 12 unspecified atom stereocenters. The Labute approximate surface area is 233 Å². The fourth-order valence-corrected chi connectivity index (χ4v) is 7.84. The van der Waals surface area contributed by atoms with Crippen LogP contribution in [0.4, 0.5) is 0 Å². The van der Waals surface area contributed by atoms with Crippen molar-refractivity contribution in [3.8, 4) is 0 Å². The number of hydrogen-bond acceptors (Lipinski definition) is 11. The summed E-state index contributed by atoms with van der Waals surface area (Å²) in [6.45, 7) is 5.78. The number of rotatable bonds is 2. The minimum Gasteiger partial charge on any atom is -0.463 e. The van der Waals surface area contributed by atoms with Gasteiger partial charge in [-0.1, -0.05) is 32.1 Å². The third-order valence-corrected chi connectivity index (χ3v) is 10.7. The topological polar surface area (TPSA) is 157 Å². The summed E-state index contributed by atoms with van der Waals surface area (Å²) in [5.74, 6) is -1.75. The molecule has 3 N–H and O–H groups in total. The molecule has 40 heavy (non-hydrogen) atoms. The molecule has 4 aliphatic heterocycles. The number of aliphatic hydroxyl groups excluding tert-OH is 3. The summed E-state index contributed by atoms with van der Waals surface area (Å²) >= 11 is 0. The van der Waals surface area contributed by atoms with Gasteiger partial charge in [0.05, 0.1) is 36.9 Å². The molecule has 12 atom stereocenters. The molecule has 0 aromatic heterocycles. The first-order valence-corrected chi connectivity index (χ1v) is 14.3. The minimum absolute atomic E-state index is 0.0802. The van der Waals surface area contributed by atoms with Crippen LogP contribution in [0, 0.1) is 16.7 Å². The second-order valence-corrected chi connectivity index (χ2v) is 12.6. The molecular formula is C29H40O11. The largest absolute Gasteiger partial charge is 0.463 e. The normalized spacial score (nSPS) is 52.7. The van der Waals surface area contributed by atoms with E-state index in [2.05, 4.69) is 0 Å². The number of cyclic esters (lactones) is 1. The van der Waals surface area contributed by atoms with Gasteiger partial charge in [-0.25, -0.2) is 9.59 Å². The molecule has 0 radical (unpaired) electrons. The van der Waals surface area contributed by atoms with E-state index in [1.54, 1.807) is 32.1 Å². The first kappa shape index (κ1) is 28.3. The van der Waals surface area contributed by atoms with Crippen molar-refractivity contribution in [1.29, 1.82) is 0 Å². The molecule has 11 heteroatoms. The van der Waals surface area contributed by atoms with Crippen molar-refractivity contribution in [2.75, 3.05) is 26.4 Å². The Hall–Kier alpha value is -1.86. The van der Waals surface area contributed by atoms with Gasteiger partial charge in [0, 0.05) is 24.5 Å². The summed E-state index contributed by atoms with van der Waals surface area (Å²) in [6.07, 6.45) is 3.26. The predicted molar refractivity (Wildman–Crippen MR) is 137 cm³/mol. The molecule has 2 spiro atoms. The summed E-state index contributed by atoms with van der Waals surface area (Å²) in [5, 5.41) is 31.0. The molecule has 11 nitrogen and oxygen atoms in total. The van der Waals surface area contributed by atoms with Gasteiger partial charge in [0.1, 0.15) is 36.1 Å². The van der Waals surface area contributed by atoms with Crippen molar-refractivity contribution in [1.82, 2.24) is 0 Å². The molecule has 4 heterocycles. The van der Waals surface area contributed by atoms with Crippen molar-refractivity contribution < 1.29 is 53.3 Å². The van der Waals surface area contributed by atoms with Crippen LogP contribution < -0.4 is 0 Å². The van der Waals surface area contributed by atoms with E-state index in [0.717, 1.165) is 0 Å². The van der Waals surface area contributed by atoms with Crippen LogP contribution >= 0.6 is 0 Å². The Morgan fingerprint density at radius 3 is 2.60 bits per heavy atom. The van der Waals surface area contributed by atoms with Crippen molar-refractivity contribution >= 4 is 11.9 Å². The van der Waals surface area contributed by atoms with E-state index >= 15 is 0 Å². The van der Waals surface area contributed by atoms with E-state index in [1.165, 1.54) is 6.08 Å². The highest BCUT2D eigenvalue weighted by Gasteiger charge is 2.87. The highest BCUT2D eigenvalue weighted by Crippen LogP contribution is 2.75. The summed E-state index contributed by atoms with van der Waals surface area (Å²) < 4.78 is 36.5. The standard InChI is InChI=1S/C29H40O11/c1-16-8-11-35-18(17(2)31)6-4-5-7-21(32)38-19-12-20-29(15-37-29)26(19,3)27(14-36-25(34)22(16)33)9-10-28(13-30)24(40-28)23(27)39-20/h4-7,16-20,22-24,30-31,33H,8-15H2,1-3H3/b6-4+,7-5+. The van der Waals surface area contributed by atoms with Crippen LogP contribution in [0.2, 0.25) is 0 Å². The van der Waals surface area contributed by atoms with Gasteiger partial charge in [-0.15, -0.1) is 0 Å². The molecular weight excluding hydrogens is 524 g/mol. The van der Waals surface area contributed by atoms with Gasteiger partial charge in [0.2, 0.25) is 0 Å². The molecule has 222 valence electrons. The highest BCUT2D eigenvalue weighted by atomic mass is 16.7. The molecule has 0 aromatic carbocycles. The quantitative estimate of drug-likeness (QED) is 0.318. The number of aliphatic hydroxyl groups is 3. The van der Waals surface area contributed by atoms with E-state index in [4.69, 9.17) is 28.4 Å². The second kappa shape index (κ2) is 9.86. The Balaban J connectivity index is 1.36. The van der Waals surface area contributed by atoms with Gasteiger partial charge < -0.3 is 43.7 Å². The van der Waals surface area contributed by atoms with Gasteiger partial charge in [-0.05, 0) is 32.1 Å². The zero-order chi connectivity index (χ0) is 28.5. The average Bonchev–Trinajstić information content (AvgIpc) is 3.84. The number of fused-ring (bicyclic) bond motifs is 2. The maximum absolute atomic E-state index is 13.2. The van der Waals surface area contributed by atoms with E-state index in [1.807, 2.05) is 6.92 Å². The van der Waals surface area contributed by atoms with E-state index in [0.29, 0.717) is 32.3 Å². The molecule has 6 rings (SSSR count). The molecule has 5 fully saturated rings. The Morgan fingerprint density at radius 2 is 1.90 bits per heavy atom. The van der Waals surface area contributed by atoms with Crippen LogP contribution in [0.3, 0.4) is 0 Å². The molecule has 0 aromatic rings. The lowest BCUT2D eigenvalue weighted by atomic mass is 9.50. The first-order valence-electron chi connectivity index (χ1n) is 14.3. The van der Waals surface area contributed by atoms with Crippen LogP contribution in [0.25, 0.3) is 0 Å². The summed E-state index contributed by atoms with van der Waals surface area (Å²) in [5.41, 5.74) is -3.01. The fraction of sp³-hybridized carbons (Fsp3) is 0.793. The lowest BCUT2D eigenvalue weighted by molar-refractivity contribution is -0.253. The van der Waals surface area contributed by atoms with Crippen molar-refractivity contribution in [3.05, 3.63) is 24.3 Å². The molecule has 2 bridgehead atoms. The third kappa shape index (κ3) is 4.04. The lowest BCUT2D eigenvalue weighted by Crippen LogP contribution is -2.69. The molecule has 2 saturated carbocycles. The number of hydrogen-bond donors (Lipinski definition) is 3. The van der Waals surface area contributed by atoms with Crippen LogP contribution in [0.5, 0.6) is 0 Å². The second-order valence-electron chi connectivity index (χ2n) is 12.6. The Morgan fingerprint density at radius 1 is 1.12 bits per heavy atom. The number of esters is 2. The summed E-state index contributed by atoms with van der Waals surface area (Å²) in [6, 6.07) is 0. The van der Waals surface area contributed by atoms with Gasteiger partial charge in [-0.2, -0.15) is 0 Å². The van der Waals surface area contributed by atoms with Crippen molar-refractivity contribution in [2.45, 2.75) is 100 Å². The number of allylic oxidation sites excluding steroid dienone is 2. The van der Waals surface area contributed by atoms with Crippen molar-refractivity contribution in [2.24, 2.45) is 16.7 Å². The molecule has 2 aliphatic carbocycles. The first-order chi connectivity index (χ1) is 19.0. The molecule has 6 aliphatic rings. The Bertz CT molecular complexity index is 1080. The van der Waals surface area contributed by atoms with Gasteiger partial charge in [-0.3, -0.25) is 0 Å². The zero-order valence-corrected chi connectivity index (χ0v) is 23.2. The zero-order valence-electron chi connectivity index (χ0n) is 23.2. The maximum Gasteiger partial charge on any atom is 0.335 e.